The first-order valence-electron chi connectivity index (χ1n) is 15.0. The summed E-state index contributed by atoms with van der Waals surface area (Å²) in [6, 6.07) is 4.89. The van der Waals surface area contributed by atoms with E-state index < -0.39 is 6.04 Å². The molecule has 0 radical (unpaired) electrons. The molecule has 2 rings (SSSR count). The summed E-state index contributed by atoms with van der Waals surface area (Å²) in [6.45, 7) is 11.7. The van der Waals surface area contributed by atoms with Crippen LogP contribution in [0.4, 0.5) is 5.69 Å². The summed E-state index contributed by atoms with van der Waals surface area (Å²) in [7, 11) is 6.07. The van der Waals surface area contributed by atoms with E-state index in [-0.39, 0.29) is 36.5 Å². The molecule has 0 saturated heterocycles. The second-order valence-electron chi connectivity index (χ2n) is 11.7. The van der Waals surface area contributed by atoms with Crippen molar-refractivity contribution in [2.24, 2.45) is 5.92 Å². The smallest absolute Gasteiger partial charge is 0.258 e. The van der Waals surface area contributed by atoms with Crippen LogP contribution in [-0.2, 0) is 9.53 Å². The largest absolute Gasteiger partial charge is 0.490 e. The number of nitrogens with one attached hydrogen (secondary N) is 1. The van der Waals surface area contributed by atoms with Gasteiger partial charge in [-0.15, -0.1) is 0 Å². The molecule has 1 aliphatic heterocycles. The molecule has 9 nitrogen and oxygen atoms in total. The summed E-state index contributed by atoms with van der Waals surface area (Å²) >= 11 is 0. The number of carbonyl (C=O) groups excluding carboxylic acids is 2. The molecule has 9 heteroatoms. The van der Waals surface area contributed by atoms with E-state index in [1.54, 1.807) is 23.1 Å². The van der Waals surface area contributed by atoms with Gasteiger partial charge in [-0.2, -0.15) is 0 Å². The second kappa shape index (κ2) is 17.6. The average molecular weight is 563 g/mol. The van der Waals surface area contributed by atoms with Gasteiger partial charge >= 0.3 is 0 Å². The maximum Gasteiger partial charge on any atom is 0.258 e. The van der Waals surface area contributed by atoms with E-state index in [2.05, 4.69) is 31.1 Å². The molecule has 0 fully saturated rings. The normalized spacial score (nSPS) is 22.0. The van der Waals surface area contributed by atoms with Crippen molar-refractivity contribution in [3.63, 3.8) is 0 Å². The Morgan fingerprint density at radius 1 is 1.20 bits per heavy atom. The molecule has 2 N–H and O–H groups in total. The number of rotatable bonds is 11. The fourth-order valence-electron chi connectivity index (χ4n) is 5.02. The topological polar surface area (TPSA) is 94.6 Å². The predicted octanol–water partition coefficient (Wildman–Crippen LogP) is 4.10. The number of aliphatic hydroxyl groups excluding tert-OH is 1. The van der Waals surface area contributed by atoms with Gasteiger partial charge in [0.1, 0.15) is 5.75 Å². The number of fused-ring (bicyclic) bond motifs is 1. The zero-order valence-electron chi connectivity index (χ0n) is 25.9. The molecule has 0 saturated carbocycles. The van der Waals surface area contributed by atoms with Crippen molar-refractivity contribution in [1.29, 1.82) is 0 Å². The van der Waals surface area contributed by atoms with Crippen LogP contribution < -0.4 is 10.1 Å². The number of hydrogen-bond donors (Lipinski definition) is 2. The number of amides is 2. The molecule has 1 aromatic rings. The molecule has 40 heavy (non-hydrogen) atoms. The Bertz CT molecular complexity index is 912. The molecule has 0 aromatic heterocycles. The molecule has 1 aliphatic rings. The molecule has 0 unspecified atom stereocenters. The Labute approximate surface area is 242 Å². The Morgan fingerprint density at radius 3 is 2.62 bits per heavy atom. The summed E-state index contributed by atoms with van der Waals surface area (Å²) in [5.74, 6) is 0.230. The lowest BCUT2D eigenvalue weighted by Crippen LogP contribution is -2.47. The summed E-state index contributed by atoms with van der Waals surface area (Å²) in [5.41, 5.74) is 0.953. The quantitative estimate of drug-likeness (QED) is 0.419. The summed E-state index contributed by atoms with van der Waals surface area (Å²) in [6.07, 6.45) is 4.83. The van der Waals surface area contributed by atoms with Crippen molar-refractivity contribution >= 4 is 17.5 Å². The minimum absolute atomic E-state index is 0.0402. The van der Waals surface area contributed by atoms with Gasteiger partial charge < -0.3 is 34.6 Å². The van der Waals surface area contributed by atoms with E-state index in [1.807, 2.05) is 32.8 Å². The number of nitrogens with zero attached hydrogens (tertiary/aromatic N) is 3. The maximum atomic E-state index is 14.1. The van der Waals surface area contributed by atoms with Gasteiger partial charge in [0.15, 0.2) is 0 Å². The van der Waals surface area contributed by atoms with Crippen molar-refractivity contribution in [3.8, 4) is 5.75 Å². The van der Waals surface area contributed by atoms with Gasteiger partial charge in [0.05, 0.1) is 30.4 Å². The van der Waals surface area contributed by atoms with Crippen LogP contribution in [0.3, 0.4) is 0 Å². The first-order chi connectivity index (χ1) is 19.0. The van der Waals surface area contributed by atoms with Crippen molar-refractivity contribution in [1.82, 2.24) is 14.7 Å². The first-order valence-corrected chi connectivity index (χ1v) is 15.0. The summed E-state index contributed by atoms with van der Waals surface area (Å²) in [5, 5.41) is 13.1. The van der Waals surface area contributed by atoms with E-state index in [0.29, 0.717) is 36.6 Å². The Balaban J connectivity index is 2.39. The Morgan fingerprint density at radius 2 is 1.95 bits per heavy atom. The lowest BCUT2D eigenvalue weighted by Gasteiger charge is -2.35. The van der Waals surface area contributed by atoms with Gasteiger partial charge in [0.2, 0.25) is 5.91 Å². The number of aliphatic hydroxyl groups is 1. The minimum atomic E-state index is -0.397. The highest BCUT2D eigenvalue weighted by atomic mass is 16.5. The van der Waals surface area contributed by atoms with Crippen LogP contribution in [0.2, 0.25) is 0 Å². The first kappa shape index (κ1) is 34.0. The van der Waals surface area contributed by atoms with Gasteiger partial charge in [-0.05, 0) is 98.4 Å². The van der Waals surface area contributed by atoms with Crippen molar-refractivity contribution in [2.75, 3.05) is 65.9 Å². The molecule has 0 aliphatic carbocycles. The fourth-order valence-corrected chi connectivity index (χ4v) is 5.02. The van der Waals surface area contributed by atoms with Gasteiger partial charge in [0.25, 0.3) is 5.91 Å². The highest BCUT2D eigenvalue weighted by Crippen LogP contribution is 2.28. The fraction of sp³-hybridized carbons (Fsp3) is 0.742. The highest BCUT2D eigenvalue weighted by molar-refractivity contribution is 5.99. The van der Waals surface area contributed by atoms with E-state index in [1.165, 1.54) is 0 Å². The molecule has 1 heterocycles. The molecule has 0 bridgehead atoms. The third kappa shape index (κ3) is 11.4. The zero-order chi connectivity index (χ0) is 29.7. The lowest BCUT2D eigenvalue weighted by atomic mass is 10.0. The van der Waals surface area contributed by atoms with E-state index in [9.17, 15) is 14.7 Å². The van der Waals surface area contributed by atoms with E-state index in [0.717, 1.165) is 51.7 Å². The minimum Gasteiger partial charge on any atom is -0.490 e. The monoisotopic (exact) mass is 562 g/mol. The number of hydrogen-bond acceptors (Lipinski definition) is 7. The number of likely N-dealkylation sites (N-methyl/N-ethyl adjacent to an activating group) is 1. The molecule has 228 valence electrons. The lowest BCUT2D eigenvalue weighted by molar-refractivity contribution is -0.116. The van der Waals surface area contributed by atoms with Crippen LogP contribution in [0.5, 0.6) is 5.75 Å². The highest BCUT2D eigenvalue weighted by Gasteiger charge is 2.30. The Hall–Kier alpha value is -2.20. The van der Waals surface area contributed by atoms with Crippen molar-refractivity contribution < 1.29 is 24.2 Å². The van der Waals surface area contributed by atoms with Gasteiger partial charge in [-0.3, -0.25) is 9.59 Å². The molecule has 2 amide bonds. The Kier molecular flexibility index (Phi) is 14.9. The molecular weight excluding hydrogens is 508 g/mol. The summed E-state index contributed by atoms with van der Waals surface area (Å²) < 4.78 is 12.7. The van der Waals surface area contributed by atoms with Crippen LogP contribution in [0.25, 0.3) is 0 Å². The standard InChI is InChI=1S/C31H54N4O5/c1-8-16-34(7)21-29-23(2)20-35(24(3)22-36)31(38)27-19-26(32-30(37)13-11-17-33(5)6)14-15-28(27)40-25(4)12-9-10-18-39-29/h14-15,19,23-25,29,36H,8-13,16-18,20-22H2,1-7H3,(H,32,37)/t23-,24-,25-,29+/m1/s1. The molecule has 4 atom stereocenters. The third-order valence-electron chi connectivity index (χ3n) is 7.44. The van der Waals surface area contributed by atoms with Gasteiger partial charge in [-0.1, -0.05) is 13.8 Å². The maximum absolute atomic E-state index is 14.1. The second-order valence-corrected chi connectivity index (χ2v) is 11.7. The van der Waals surface area contributed by atoms with Crippen LogP contribution >= 0.6 is 0 Å². The predicted molar refractivity (Wildman–Crippen MR) is 161 cm³/mol. The van der Waals surface area contributed by atoms with Gasteiger partial charge in [0, 0.05) is 37.7 Å². The SMILES string of the molecule is CCCN(C)C[C@@H]1OCCCC[C@@H](C)Oc2ccc(NC(=O)CCCN(C)C)cc2C(=O)N([C@H](C)CO)C[C@H]1C. The van der Waals surface area contributed by atoms with E-state index in [4.69, 9.17) is 9.47 Å². The molecule has 0 spiro atoms. The molecule has 1 aromatic carbocycles. The van der Waals surface area contributed by atoms with Crippen molar-refractivity contribution in [3.05, 3.63) is 23.8 Å². The van der Waals surface area contributed by atoms with Gasteiger partial charge in [-0.25, -0.2) is 0 Å². The average Bonchev–Trinajstić information content (AvgIpc) is 2.90. The van der Waals surface area contributed by atoms with Crippen LogP contribution in [0.1, 0.15) is 76.6 Å². The summed E-state index contributed by atoms with van der Waals surface area (Å²) in [4.78, 5) is 32.8. The zero-order valence-corrected chi connectivity index (χ0v) is 25.9. The van der Waals surface area contributed by atoms with Crippen LogP contribution in [0.15, 0.2) is 18.2 Å². The van der Waals surface area contributed by atoms with Crippen LogP contribution in [-0.4, -0.2) is 110 Å². The number of anilines is 1. The van der Waals surface area contributed by atoms with Crippen LogP contribution in [0, 0.1) is 5.92 Å². The van der Waals surface area contributed by atoms with E-state index >= 15 is 0 Å². The third-order valence-corrected chi connectivity index (χ3v) is 7.44. The number of carbonyl (C=O) groups is 2. The number of ether oxygens (including phenoxy) is 2. The number of benzene rings is 1. The molecular formula is C31H54N4O5. The van der Waals surface area contributed by atoms with Crippen molar-refractivity contribution in [2.45, 2.75) is 84.5 Å².